The molecule has 0 spiro atoms. The highest BCUT2D eigenvalue weighted by atomic mass is 35.5. The van der Waals surface area contributed by atoms with E-state index in [0.29, 0.717) is 16.7 Å². The van der Waals surface area contributed by atoms with Gasteiger partial charge in [0.1, 0.15) is 0 Å². The van der Waals surface area contributed by atoms with Crippen LogP contribution in [0.4, 0.5) is 16.2 Å². The number of fused-ring (bicyclic) bond motifs is 1. The van der Waals surface area contributed by atoms with Crippen LogP contribution >= 0.6 is 23.4 Å². The highest BCUT2D eigenvalue weighted by Crippen LogP contribution is 2.33. The largest absolute Gasteiger partial charge is 0.376 e. The van der Waals surface area contributed by atoms with Crippen LogP contribution in [0.15, 0.2) is 18.2 Å². The number of anilines is 2. The Hall–Kier alpha value is -1.60. The van der Waals surface area contributed by atoms with Crippen molar-refractivity contribution >= 4 is 46.7 Å². The second-order valence-electron chi connectivity index (χ2n) is 6.98. The molecule has 142 valence electrons. The number of rotatable bonds is 7. The molecule has 6 nitrogen and oxygen atoms in total. The molecule has 3 N–H and O–H groups in total. The van der Waals surface area contributed by atoms with E-state index in [-0.39, 0.29) is 24.0 Å². The first-order chi connectivity index (χ1) is 12.4. The minimum Gasteiger partial charge on any atom is -0.376 e. The molecule has 2 fully saturated rings. The molecule has 0 aliphatic carbocycles. The smallest absolute Gasteiger partial charge is 0.315 e. The maximum absolute atomic E-state index is 12.1. The van der Waals surface area contributed by atoms with Gasteiger partial charge in [-0.15, -0.1) is 0 Å². The van der Waals surface area contributed by atoms with Gasteiger partial charge in [0.25, 0.3) is 0 Å². The van der Waals surface area contributed by atoms with Crippen LogP contribution in [0.2, 0.25) is 5.02 Å². The van der Waals surface area contributed by atoms with E-state index in [0.717, 1.165) is 36.4 Å². The number of carbonyl (C=O) groups excluding carboxylic acids is 2. The molecule has 0 bridgehead atoms. The molecule has 0 aromatic heterocycles. The van der Waals surface area contributed by atoms with Crippen LogP contribution in [0.5, 0.6) is 0 Å². The van der Waals surface area contributed by atoms with Gasteiger partial charge in [0.15, 0.2) is 0 Å². The highest BCUT2D eigenvalue weighted by Gasteiger charge is 2.42. The molecular formula is C18H25ClN4O2S. The summed E-state index contributed by atoms with van der Waals surface area (Å²) >= 11 is 8.14. The lowest BCUT2D eigenvalue weighted by molar-refractivity contribution is -0.116. The van der Waals surface area contributed by atoms with Crippen LogP contribution in [0, 0.1) is 0 Å². The zero-order valence-electron chi connectivity index (χ0n) is 15.0. The highest BCUT2D eigenvalue weighted by molar-refractivity contribution is 8.00. The Balaban J connectivity index is 1.38. The van der Waals surface area contributed by atoms with E-state index in [2.05, 4.69) is 16.0 Å². The SMILES string of the molecule is CN(C)c1ccc(NC(=O)CCCC[C@@H]2SC[C@@H]3NC(=O)N[C@@H]32)cc1Cl. The number of nitrogens with one attached hydrogen (secondary N) is 3. The van der Waals surface area contributed by atoms with E-state index in [1.54, 1.807) is 6.07 Å². The number of carbonyl (C=O) groups is 2. The lowest BCUT2D eigenvalue weighted by Crippen LogP contribution is -2.36. The molecule has 1 aromatic carbocycles. The molecule has 0 unspecified atom stereocenters. The van der Waals surface area contributed by atoms with Gasteiger partial charge in [-0.05, 0) is 31.0 Å². The van der Waals surface area contributed by atoms with Crippen LogP contribution in [0.3, 0.4) is 0 Å². The molecule has 8 heteroatoms. The number of benzene rings is 1. The van der Waals surface area contributed by atoms with Gasteiger partial charge in [0.05, 0.1) is 22.8 Å². The van der Waals surface area contributed by atoms with Crippen LogP contribution in [-0.2, 0) is 4.79 Å². The fraction of sp³-hybridized carbons (Fsp3) is 0.556. The third kappa shape index (κ3) is 4.57. The maximum atomic E-state index is 12.1. The predicted molar refractivity (Wildman–Crippen MR) is 108 cm³/mol. The van der Waals surface area contributed by atoms with Gasteiger partial charge in [-0.25, -0.2) is 4.79 Å². The van der Waals surface area contributed by atoms with Crippen molar-refractivity contribution in [3.05, 3.63) is 23.2 Å². The molecule has 1 aromatic rings. The van der Waals surface area contributed by atoms with Crippen molar-refractivity contribution in [2.45, 2.75) is 43.0 Å². The molecule has 3 atom stereocenters. The summed E-state index contributed by atoms with van der Waals surface area (Å²) in [5.74, 6) is 0.976. The molecule has 3 amide bonds. The van der Waals surface area contributed by atoms with Gasteiger partial charge in [-0.3, -0.25) is 4.79 Å². The number of nitrogens with zero attached hydrogens (tertiary/aromatic N) is 1. The molecule has 26 heavy (non-hydrogen) atoms. The summed E-state index contributed by atoms with van der Waals surface area (Å²) in [7, 11) is 3.86. The first-order valence-corrected chi connectivity index (χ1v) is 10.3. The van der Waals surface area contributed by atoms with Gasteiger partial charge < -0.3 is 20.9 Å². The average Bonchev–Trinajstić information content (AvgIpc) is 3.11. The quantitative estimate of drug-likeness (QED) is 0.489. The molecule has 2 aliphatic heterocycles. The third-order valence-corrected chi connectivity index (χ3v) is 6.61. The Morgan fingerprint density at radius 1 is 1.35 bits per heavy atom. The normalized spacial score (nSPS) is 24.0. The van der Waals surface area contributed by atoms with Crippen molar-refractivity contribution in [2.75, 3.05) is 30.1 Å². The van der Waals surface area contributed by atoms with Gasteiger partial charge in [0, 0.05) is 37.2 Å². The Bertz CT molecular complexity index is 685. The summed E-state index contributed by atoms with van der Waals surface area (Å²) in [4.78, 5) is 25.4. The zero-order chi connectivity index (χ0) is 18.7. The Morgan fingerprint density at radius 3 is 2.88 bits per heavy atom. The number of amides is 3. The minimum absolute atomic E-state index is 0.00598. The number of halogens is 1. The Labute approximate surface area is 163 Å². The standard InChI is InChI=1S/C18H25ClN4O2S/c1-23(2)14-8-7-11(9-12(14)19)20-16(24)6-4-3-5-15-17-13(10-26-15)21-18(25)22-17/h7-9,13,15,17H,3-6,10H2,1-2H3,(H,20,24)(H2,21,22,25)/t13-,15-,17-/m0/s1. The lowest BCUT2D eigenvalue weighted by Gasteiger charge is -2.16. The van der Waals surface area contributed by atoms with Crippen LogP contribution in [-0.4, -0.2) is 49.1 Å². The van der Waals surface area contributed by atoms with Crippen LogP contribution < -0.4 is 20.9 Å². The second kappa shape index (κ2) is 8.39. The number of urea groups is 1. The first kappa shape index (κ1) is 19.2. The summed E-state index contributed by atoms with van der Waals surface area (Å²) < 4.78 is 0. The van der Waals surface area contributed by atoms with Crippen molar-refractivity contribution in [3.63, 3.8) is 0 Å². The van der Waals surface area contributed by atoms with Crippen molar-refractivity contribution in [3.8, 4) is 0 Å². The summed E-state index contributed by atoms with van der Waals surface area (Å²) in [6.45, 7) is 0. The molecule has 0 saturated carbocycles. The summed E-state index contributed by atoms with van der Waals surface area (Å²) in [6.07, 6.45) is 3.32. The van der Waals surface area contributed by atoms with Crippen molar-refractivity contribution < 1.29 is 9.59 Å². The van der Waals surface area contributed by atoms with E-state index in [4.69, 9.17) is 11.6 Å². The summed E-state index contributed by atoms with van der Waals surface area (Å²) in [6, 6.07) is 5.98. The molecule has 3 rings (SSSR count). The summed E-state index contributed by atoms with van der Waals surface area (Å²) in [5.41, 5.74) is 1.64. The zero-order valence-corrected chi connectivity index (χ0v) is 16.6. The summed E-state index contributed by atoms with van der Waals surface area (Å²) in [5, 5.41) is 9.92. The van der Waals surface area contributed by atoms with E-state index < -0.39 is 0 Å². The fourth-order valence-electron chi connectivity index (χ4n) is 3.44. The second-order valence-corrected chi connectivity index (χ2v) is 8.66. The van der Waals surface area contributed by atoms with E-state index in [1.807, 2.05) is 42.9 Å². The van der Waals surface area contributed by atoms with E-state index >= 15 is 0 Å². The number of hydrogen-bond acceptors (Lipinski definition) is 4. The topological polar surface area (TPSA) is 73.5 Å². The maximum Gasteiger partial charge on any atom is 0.315 e. The monoisotopic (exact) mass is 396 g/mol. The number of unbranched alkanes of at least 4 members (excludes halogenated alkanes) is 1. The molecular weight excluding hydrogens is 372 g/mol. The first-order valence-electron chi connectivity index (χ1n) is 8.89. The number of hydrogen-bond donors (Lipinski definition) is 3. The van der Waals surface area contributed by atoms with E-state index in [1.165, 1.54) is 0 Å². The molecule has 2 heterocycles. The third-order valence-electron chi connectivity index (χ3n) is 4.79. The van der Waals surface area contributed by atoms with Gasteiger partial charge in [-0.2, -0.15) is 11.8 Å². The molecule has 2 aliphatic rings. The number of thioether (sulfide) groups is 1. The van der Waals surface area contributed by atoms with E-state index in [9.17, 15) is 9.59 Å². The Morgan fingerprint density at radius 2 is 2.15 bits per heavy atom. The van der Waals surface area contributed by atoms with Gasteiger partial charge >= 0.3 is 6.03 Å². The van der Waals surface area contributed by atoms with Crippen molar-refractivity contribution in [2.24, 2.45) is 0 Å². The Kier molecular flexibility index (Phi) is 6.19. The van der Waals surface area contributed by atoms with Gasteiger partial charge in [0.2, 0.25) is 5.91 Å². The fourth-order valence-corrected chi connectivity index (χ4v) is 5.34. The van der Waals surface area contributed by atoms with Crippen LogP contribution in [0.1, 0.15) is 25.7 Å². The van der Waals surface area contributed by atoms with Crippen molar-refractivity contribution in [1.29, 1.82) is 0 Å². The van der Waals surface area contributed by atoms with Crippen molar-refractivity contribution in [1.82, 2.24) is 10.6 Å². The van der Waals surface area contributed by atoms with Gasteiger partial charge in [-0.1, -0.05) is 18.0 Å². The molecule has 2 saturated heterocycles. The predicted octanol–water partition coefficient (Wildman–Crippen LogP) is 3.07. The lowest BCUT2D eigenvalue weighted by atomic mass is 10.0. The average molecular weight is 397 g/mol. The molecule has 0 radical (unpaired) electrons. The minimum atomic E-state index is -0.0522. The van der Waals surface area contributed by atoms with Crippen LogP contribution in [0.25, 0.3) is 0 Å².